The molecule has 0 amide bonds. The van der Waals surface area contributed by atoms with Gasteiger partial charge in [-0.3, -0.25) is 9.69 Å². The Morgan fingerprint density at radius 2 is 1.74 bits per heavy atom. The molecule has 9 heteroatoms. The van der Waals surface area contributed by atoms with E-state index >= 15 is 0 Å². The maximum atomic E-state index is 13.2. The quantitative estimate of drug-likeness (QED) is 0.310. The molecule has 2 aromatic heterocycles. The summed E-state index contributed by atoms with van der Waals surface area (Å²) in [4.78, 5) is 18.6. The van der Waals surface area contributed by atoms with Crippen LogP contribution in [0.15, 0.2) is 53.3 Å². The molecule has 4 aromatic rings. The number of hydrogen-bond donors (Lipinski definition) is 1. The number of aromatic amines is 1. The Hall–Kier alpha value is -3.72. The Kier molecular flexibility index (Phi) is 8.03. The van der Waals surface area contributed by atoms with E-state index in [0.717, 1.165) is 53.1 Å². The maximum absolute atomic E-state index is 13.2. The van der Waals surface area contributed by atoms with E-state index in [1.54, 1.807) is 14.2 Å². The van der Waals surface area contributed by atoms with Crippen LogP contribution in [0.4, 0.5) is 0 Å². The standard InChI is InChI=1S/C29H36N6O3/c1-4-27(28-31-32-33-35(28)23-8-6-5-7-9-23)34(18-20-10-12-24(37-2)13-11-20)19-22-16-21-17-25(38-3)14-15-26(21)30-29(22)36/h10-17,23,27H,4-9,18-19H2,1-3H3,(H,30,36)/t27-/m1/s1. The van der Waals surface area contributed by atoms with Crippen LogP contribution in [-0.4, -0.2) is 44.3 Å². The Balaban J connectivity index is 1.52. The van der Waals surface area contributed by atoms with Crippen molar-refractivity contribution in [2.75, 3.05) is 14.2 Å². The normalized spacial score (nSPS) is 15.2. The molecule has 1 fully saturated rings. The minimum atomic E-state index is -0.0934. The predicted octanol–water partition coefficient (Wildman–Crippen LogP) is 5.19. The summed E-state index contributed by atoms with van der Waals surface area (Å²) in [6.07, 6.45) is 6.67. The maximum Gasteiger partial charge on any atom is 0.252 e. The van der Waals surface area contributed by atoms with Crippen LogP contribution in [0.2, 0.25) is 0 Å². The SMILES string of the molecule is CC[C@H](c1nnnn1C1CCCCC1)N(Cc1ccc(OC)cc1)Cc1cc2cc(OC)ccc2[nH]c1=O. The molecule has 1 atom stereocenters. The first kappa shape index (κ1) is 25.9. The van der Waals surface area contributed by atoms with Crippen molar-refractivity contribution in [3.63, 3.8) is 0 Å². The van der Waals surface area contributed by atoms with Gasteiger partial charge in [0.25, 0.3) is 5.56 Å². The lowest BCUT2D eigenvalue weighted by molar-refractivity contribution is 0.155. The fourth-order valence-electron chi connectivity index (χ4n) is 5.54. The highest BCUT2D eigenvalue weighted by Crippen LogP contribution is 2.33. The molecular formula is C29H36N6O3. The number of nitrogens with zero attached hydrogens (tertiary/aromatic N) is 5. The van der Waals surface area contributed by atoms with Crippen LogP contribution in [0.1, 0.15) is 74.5 Å². The van der Waals surface area contributed by atoms with Gasteiger partial charge in [0.1, 0.15) is 11.5 Å². The molecule has 0 unspecified atom stereocenters. The average molecular weight is 517 g/mol. The summed E-state index contributed by atoms with van der Waals surface area (Å²) >= 11 is 0. The van der Waals surface area contributed by atoms with Gasteiger partial charge in [0.15, 0.2) is 5.82 Å². The van der Waals surface area contributed by atoms with Gasteiger partial charge in [0.05, 0.1) is 26.3 Å². The summed E-state index contributed by atoms with van der Waals surface area (Å²) in [5.74, 6) is 2.43. The van der Waals surface area contributed by atoms with Crippen molar-refractivity contribution in [2.45, 2.75) is 70.6 Å². The van der Waals surface area contributed by atoms with Gasteiger partial charge < -0.3 is 14.5 Å². The molecule has 1 saturated carbocycles. The second kappa shape index (κ2) is 11.8. The first-order valence-corrected chi connectivity index (χ1v) is 13.4. The van der Waals surface area contributed by atoms with Crippen molar-refractivity contribution in [3.8, 4) is 11.5 Å². The van der Waals surface area contributed by atoms with Crippen molar-refractivity contribution in [1.82, 2.24) is 30.1 Å². The first-order valence-electron chi connectivity index (χ1n) is 13.4. The van der Waals surface area contributed by atoms with Crippen molar-refractivity contribution >= 4 is 10.9 Å². The van der Waals surface area contributed by atoms with Crippen LogP contribution in [0.5, 0.6) is 11.5 Å². The third kappa shape index (κ3) is 5.57. The second-order valence-corrected chi connectivity index (χ2v) is 10.0. The van der Waals surface area contributed by atoms with E-state index in [0.29, 0.717) is 24.7 Å². The van der Waals surface area contributed by atoms with Crippen LogP contribution < -0.4 is 15.0 Å². The molecule has 1 N–H and O–H groups in total. The first-order chi connectivity index (χ1) is 18.6. The molecule has 0 aliphatic heterocycles. The lowest BCUT2D eigenvalue weighted by Gasteiger charge is -2.32. The van der Waals surface area contributed by atoms with Crippen LogP contribution in [0.25, 0.3) is 10.9 Å². The van der Waals surface area contributed by atoms with E-state index < -0.39 is 0 Å². The van der Waals surface area contributed by atoms with Crippen LogP contribution >= 0.6 is 0 Å². The molecule has 38 heavy (non-hydrogen) atoms. The van der Waals surface area contributed by atoms with Crippen molar-refractivity contribution < 1.29 is 9.47 Å². The largest absolute Gasteiger partial charge is 0.497 e. The summed E-state index contributed by atoms with van der Waals surface area (Å²) < 4.78 is 12.8. The van der Waals surface area contributed by atoms with Gasteiger partial charge >= 0.3 is 0 Å². The lowest BCUT2D eigenvalue weighted by Crippen LogP contribution is -2.33. The number of fused-ring (bicyclic) bond motifs is 1. The summed E-state index contributed by atoms with van der Waals surface area (Å²) in [5, 5.41) is 14.0. The van der Waals surface area contributed by atoms with E-state index in [4.69, 9.17) is 9.47 Å². The number of rotatable bonds is 10. The van der Waals surface area contributed by atoms with E-state index in [2.05, 4.69) is 44.5 Å². The Morgan fingerprint density at radius 1 is 1.00 bits per heavy atom. The van der Waals surface area contributed by atoms with Gasteiger partial charge in [-0.05, 0) is 71.7 Å². The molecule has 0 radical (unpaired) electrons. The van der Waals surface area contributed by atoms with Gasteiger partial charge in [0, 0.05) is 29.6 Å². The minimum absolute atomic E-state index is 0.0607. The number of hydrogen-bond acceptors (Lipinski definition) is 7. The zero-order chi connectivity index (χ0) is 26.5. The van der Waals surface area contributed by atoms with E-state index in [1.165, 1.54) is 19.3 Å². The van der Waals surface area contributed by atoms with Gasteiger partial charge in [-0.1, -0.05) is 38.3 Å². The fraction of sp³-hybridized carbons (Fsp3) is 0.448. The summed E-state index contributed by atoms with van der Waals surface area (Å²) in [6, 6.07) is 16.0. The average Bonchev–Trinajstić information content (AvgIpc) is 3.44. The number of H-pyrrole nitrogens is 1. The van der Waals surface area contributed by atoms with Crippen molar-refractivity contribution in [2.24, 2.45) is 0 Å². The molecule has 1 aliphatic carbocycles. The number of tetrazole rings is 1. The number of benzene rings is 2. The highest BCUT2D eigenvalue weighted by Gasteiger charge is 2.29. The predicted molar refractivity (Wildman–Crippen MR) is 146 cm³/mol. The molecule has 2 aromatic carbocycles. The number of nitrogens with one attached hydrogen (secondary N) is 1. The topological polar surface area (TPSA) is 98.2 Å². The molecule has 0 saturated heterocycles. The summed E-state index contributed by atoms with van der Waals surface area (Å²) in [5.41, 5.74) is 2.51. The summed E-state index contributed by atoms with van der Waals surface area (Å²) in [6.45, 7) is 3.24. The van der Waals surface area contributed by atoms with E-state index in [1.807, 2.05) is 41.1 Å². The number of ether oxygens (including phenoxy) is 2. The highest BCUT2D eigenvalue weighted by atomic mass is 16.5. The highest BCUT2D eigenvalue weighted by molar-refractivity contribution is 5.80. The lowest BCUT2D eigenvalue weighted by atomic mass is 9.95. The molecule has 2 heterocycles. The van der Waals surface area contributed by atoms with Crippen LogP contribution in [0.3, 0.4) is 0 Å². The third-order valence-electron chi connectivity index (χ3n) is 7.61. The van der Waals surface area contributed by atoms with Gasteiger partial charge in [0.2, 0.25) is 0 Å². The third-order valence-corrected chi connectivity index (χ3v) is 7.61. The van der Waals surface area contributed by atoms with Crippen molar-refractivity contribution in [3.05, 3.63) is 75.8 Å². The molecule has 200 valence electrons. The van der Waals surface area contributed by atoms with E-state index in [-0.39, 0.29) is 11.6 Å². The van der Waals surface area contributed by atoms with Gasteiger partial charge in [-0.15, -0.1) is 5.10 Å². The van der Waals surface area contributed by atoms with Gasteiger partial charge in [-0.25, -0.2) is 4.68 Å². The van der Waals surface area contributed by atoms with Gasteiger partial charge in [-0.2, -0.15) is 0 Å². The van der Waals surface area contributed by atoms with Crippen LogP contribution in [0, 0.1) is 0 Å². The molecule has 9 nitrogen and oxygen atoms in total. The molecule has 0 bridgehead atoms. The molecule has 5 rings (SSSR count). The minimum Gasteiger partial charge on any atom is -0.497 e. The smallest absolute Gasteiger partial charge is 0.252 e. The van der Waals surface area contributed by atoms with Crippen LogP contribution in [-0.2, 0) is 13.1 Å². The Labute approximate surface area is 222 Å². The van der Waals surface area contributed by atoms with Crippen molar-refractivity contribution in [1.29, 1.82) is 0 Å². The molecular weight excluding hydrogens is 480 g/mol. The number of pyridine rings is 1. The van der Waals surface area contributed by atoms with E-state index in [9.17, 15) is 4.79 Å². The fourth-order valence-corrected chi connectivity index (χ4v) is 5.54. The second-order valence-electron chi connectivity index (χ2n) is 10.0. The Bertz CT molecular complexity index is 1410. The monoisotopic (exact) mass is 516 g/mol. The zero-order valence-electron chi connectivity index (χ0n) is 22.4. The summed E-state index contributed by atoms with van der Waals surface area (Å²) in [7, 11) is 3.31. The Morgan fingerprint density at radius 3 is 2.45 bits per heavy atom. The number of methoxy groups -OCH3 is 2. The number of aromatic nitrogens is 5. The molecule has 0 spiro atoms. The molecule has 1 aliphatic rings. The zero-order valence-corrected chi connectivity index (χ0v) is 22.4.